The zero-order valence-corrected chi connectivity index (χ0v) is 59.9. The molecule has 4 amide bonds. The van der Waals surface area contributed by atoms with Crippen molar-refractivity contribution in [3.63, 3.8) is 0 Å². The molecule has 0 bridgehead atoms. The number of carbonyl (C=O) groups is 4. The van der Waals surface area contributed by atoms with Gasteiger partial charge >= 0.3 is 0 Å². The predicted octanol–water partition coefficient (Wildman–Crippen LogP) is -19.0. The summed E-state index contributed by atoms with van der Waals surface area (Å²) in [6, 6.07) is -7.39. The molecule has 9 aliphatic heterocycles. The summed E-state index contributed by atoms with van der Waals surface area (Å²) in [4.78, 5) is 50.9. The normalized spacial score (nSPS) is 49.3. The lowest BCUT2D eigenvalue weighted by atomic mass is 9.93. The Bertz CT molecular complexity index is 2950. The number of ether oxygens (including phenoxy) is 17. The standard InChI is InChI=1S/C62H104N4O45/c1-14-31(77)41(87)45(91)58(97-14)95-13-26-50(38(84)27(54(94)98-26)63-15(2)73)106-56-29(65-17(4)75)39(85)49(24(11-72)103-56)108-60-47(93)51(109-62-53(44(90)35(81)22(9-70)102-62)111-55-28(64-16(3)74)37(83)32(78)19(6-67)99-55)36(82)25(105-60)12-96-61-52(43(89)34(80)21(8-69)101-61)110-57-30(66-18(5)76)40(86)48(23(10-71)104-57)107-59-46(92)42(88)33(79)20(7-68)100-59/h14,19-62,67-72,77-94H,6-13H2,1-5H3,(H,63,73)(H,64,74)(H,65,75)(H,66,76)/t14-,19+,20+,21+,22+,23+,24+,25+,26+,27+,28+,29+,30+,31+,32+,33-,34+,35+,36+,37+,38+,39+,40+,41+,42-,43-,44-,45-,46+,47-,48+,49+,50+,51-,52-,53-,54+,55-,56+,57-,58+,59-,60-,61-,62+/m0/s1. The molecule has 0 spiro atoms. The molecule has 111 heavy (non-hydrogen) atoms. The van der Waals surface area contributed by atoms with Crippen LogP contribution in [-0.2, 0) is 99.7 Å². The Morgan fingerprint density at radius 1 is 0.252 bits per heavy atom. The molecule has 9 heterocycles. The van der Waals surface area contributed by atoms with E-state index in [0.717, 1.165) is 27.7 Å². The van der Waals surface area contributed by atoms with Crippen LogP contribution >= 0.6 is 0 Å². The van der Waals surface area contributed by atoms with Crippen LogP contribution in [0.5, 0.6) is 0 Å². The minimum atomic E-state index is -2.55. The molecule has 0 aromatic heterocycles. The van der Waals surface area contributed by atoms with Gasteiger partial charge in [-0.2, -0.15) is 0 Å². The molecule has 49 heteroatoms. The highest BCUT2D eigenvalue weighted by Gasteiger charge is 2.61. The number of aliphatic hydroxyl groups excluding tert-OH is 24. The SMILES string of the molecule is CC(=O)N[C@@H]1[C@@H](O)[C@H](O[C@H]2O[C@H](CO)[C@@H](O[C@@H]3O[C@H](CO[C@H]4O[C@H](CO)[C@@H](O)[C@H](O)[C@@H]4O[C@@H]4O[C@H](CO)[C@@H](O[C@@H]5O[C@H](CO)[C@H](O)[C@H](O)[C@H]5O)[C@H](O)[C@H]4NC(C)=O)[C@@H](O)[C@H](O[C@H]4O[C@H](CO)[C@@H](O)[C@H](O)[C@@H]4O[C@@H]4O[C@H](CO)[C@@H](O)[C@H](O)[C@H]4NC(C)=O)[C@@H]3O)[C@H](O)[C@H]2NC(C)=O)[C@@H](CO[C@@H]2O[C@@H](C)[C@@H](O)[C@@H](O)[C@@H]2O)O[C@H]1O. The van der Waals surface area contributed by atoms with Crippen LogP contribution in [0.1, 0.15) is 34.6 Å². The highest BCUT2D eigenvalue weighted by atomic mass is 16.8. The van der Waals surface area contributed by atoms with Gasteiger partial charge in [-0.3, -0.25) is 19.2 Å². The van der Waals surface area contributed by atoms with Crippen molar-refractivity contribution in [1.82, 2.24) is 21.3 Å². The number of hydrogen-bond acceptors (Lipinski definition) is 45. The molecule has 0 aromatic rings. The minimum absolute atomic E-state index is 0.827. The van der Waals surface area contributed by atoms with Gasteiger partial charge in [-0.1, -0.05) is 0 Å². The fourth-order valence-corrected chi connectivity index (χ4v) is 14.3. The lowest BCUT2D eigenvalue weighted by Gasteiger charge is -2.51. The predicted molar refractivity (Wildman–Crippen MR) is 342 cm³/mol. The van der Waals surface area contributed by atoms with Crippen LogP contribution in [0.3, 0.4) is 0 Å². The van der Waals surface area contributed by atoms with Gasteiger partial charge in [-0.15, -0.1) is 0 Å². The van der Waals surface area contributed by atoms with Crippen molar-refractivity contribution in [1.29, 1.82) is 0 Å². The maximum atomic E-state index is 13.2. The van der Waals surface area contributed by atoms with E-state index >= 15 is 0 Å². The summed E-state index contributed by atoms with van der Waals surface area (Å²) in [6.07, 6.45) is -83.2. The summed E-state index contributed by atoms with van der Waals surface area (Å²) >= 11 is 0. The van der Waals surface area contributed by atoms with Crippen molar-refractivity contribution in [2.45, 2.75) is 311 Å². The number of carbonyl (C=O) groups excluding carboxylic acids is 4. The average Bonchev–Trinajstić information content (AvgIpc) is 0.774. The molecule has 642 valence electrons. The van der Waals surface area contributed by atoms with Gasteiger partial charge in [-0.05, 0) is 6.92 Å². The largest absolute Gasteiger partial charge is 0.394 e. The van der Waals surface area contributed by atoms with E-state index in [-0.39, 0.29) is 0 Å². The van der Waals surface area contributed by atoms with Gasteiger partial charge in [0.15, 0.2) is 56.6 Å². The number of amides is 4. The molecule has 28 N–H and O–H groups in total. The molecule has 45 atom stereocenters. The third kappa shape index (κ3) is 20.3. The first-order valence-electron chi connectivity index (χ1n) is 35.5. The minimum Gasteiger partial charge on any atom is -0.394 e. The first-order chi connectivity index (χ1) is 52.4. The number of hydrogen-bond donors (Lipinski definition) is 28. The molecule has 9 rings (SSSR count). The fraction of sp³-hybridized carbons (Fsp3) is 0.935. The van der Waals surface area contributed by atoms with Crippen molar-refractivity contribution >= 4 is 23.6 Å². The van der Waals surface area contributed by atoms with Crippen LogP contribution in [-0.4, -0.2) is 475 Å². The van der Waals surface area contributed by atoms with E-state index < -0.39 is 353 Å². The Morgan fingerprint density at radius 3 is 1.03 bits per heavy atom. The Labute approximate surface area is 629 Å². The van der Waals surface area contributed by atoms with E-state index in [1.807, 2.05) is 0 Å². The summed E-state index contributed by atoms with van der Waals surface area (Å²) < 4.78 is 101. The molecule has 9 aliphatic rings. The average molecular weight is 1630 g/mol. The van der Waals surface area contributed by atoms with Crippen molar-refractivity contribution < 1.29 is 222 Å². The Balaban J connectivity index is 1.05. The second-order valence-corrected chi connectivity index (χ2v) is 28.2. The first-order valence-corrected chi connectivity index (χ1v) is 35.5. The second-order valence-electron chi connectivity index (χ2n) is 28.2. The van der Waals surface area contributed by atoms with E-state index in [2.05, 4.69) is 21.3 Å². The van der Waals surface area contributed by atoms with Gasteiger partial charge < -0.3 is 224 Å². The van der Waals surface area contributed by atoms with Crippen LogP contribution in [0.15, 0.2) is 0 Å². The van der Waals surface area contributed by atoms with Gasteiger partial charge in [-0.25, -0.2) is 0 Å². The van der Waals surface area contributed by atoms with Crippen LogP contribution in [0.25, 0.3) is 0 Å². The van der Waals surface area contributed by atoms with Gasteiger partial charge in [0, 0.05) is 27.7 Å². The Kier molecular flexibility index (Phi) is 32.6. The van der Waals surface area contributed by atoms with Gasteiger partial charge in [0.05, 0.1) is 59.0 Å². The van der Waals surface area contributed by atoms with E-state index in [0.29, 0.717) is 0 Å². The number of aliphatic hydroxyl groups is 24. The van der Waals surface area contributed by atoms with Crippen molar-refractivity contribution in [2.75, 3.05) is 52.9 Å². The zero-order chi connectivity index (χ0) is 81.8. The lowest BCUT2D eigenvalue weighted by molar-refractivity contribution is -0.396. The molecule has 0 saturated carbocycles. The van der Waals surface area contributed by atoms with Crippen LogP contribution in [0.2, 0.25) is 0 Å². The lowest BCUT2D eigenvalue weighted by Crippen LogP contribution is -2.71. The van der Waals surface area contributed by atoms with Gasteiger partial charge in [0.25, 0.3) is 0 Å². The highest BCUT2D eigenvalue weighted by molar-refractivity contribution is 5.74. The Hall–Kier alpha value is -3.76. The summed E-state index contributed by atoms with van der Waals surface area (Å²) in [5.41, 5.74) is 0. The summed E-state index contributed by atoms with van der Waals surface area (Å²) in [6.45, 7) is -3.36. The third-order valence-electron chi connectivity index (χ3n) is 20.3. The maximum absolute atomic E-state index is 13.2. The van der Waals surface area contributed by atoms with E-state index in [1.54, 1.807) is 0 Å². The monoisotopic (exact) mass is 1620 g/mol. The van der Waals surface area contributed by atoms with Crippen LogP contribution < -0.4 is 21.3 Å². The summed E-state index contributed by atoms with van der Waals surface area (Å²) in [5, 5.41) is 276. The first kappa shape index (κ1) is 91.1. The van der Waals surface area contributed by atoms with Crippen molar-refractivity contribution in [3.05, 3.63) is 0 Å². The second kappa shape index (κ2) is 39.7. The van der Waals surface area contributed by atoms with E-state index in [4.69, 9.17) is 80.5 Å². The fourth-order valence-electron chi connectivity index (χ4n) is 14.3. The molecular weight excluding hydrogens is 1520 g/mol. The van der Waals surface area contributed by atoms with E-state index in [1.165, 1.54) is 6.92 Å². The van der Waals surface area contributed by atoms with Crippen molar-refractivity contribution in [2.24, 2.45) is 0 Å². The molecule has 9 saturated heterocycles. The Morgan fingerprint density at radius 2 is 0.559 bits per heavy atom. The molecule has 0 radical (unpaired) electrons. The summed E-state index contributed by atoms with van der Waals surface area (Å²) in [7, 11) is 0. The number of nitrogens with one attached hydrogen (secondary N) is 4. The molecule has 0 unspecified atom stereocenters. The maximum Gasteiger partial charge on any atom is 0.217 e. The van der Waals surface area contributed by atoms with E-state index in [9.17, 15) is 142 Å². The molecule has 0 aliphatic carbocycles. The molecule has 9 fully saturated rings. The third-order valence-corrected chi connectivity index (χ3v) is 20.3. The highest BCUT2D eigenvalue weighted by Crippen LogP contribution is 2.40. The molecular formula is C62H104N4O45. The molecule has 0 aromatic carbocycles. The zero-order valence-electron chi connectivity index (χ0n) is 59.9. The smallest absolute Gasteiger partial charge is 0.217 e. The number of rotatable bonds is 28. The van der Waals surface area contributed by atoms with Crippen LogP contribution in [0, 0.1) is 0 Å². The quantitative estimate of drug-likeness (QED) is 0.0346. The van der Waals surface area contributed by atoms with Crippen LogP contribution in [0.4, 0.5) is 0 Å². The topological polar surface area (TPSA) is 759 Å². The van der Waals surface area contributed by atoms with Gasteiger partial charge in [0.2, 0.25) is 23.6 Å². The van der Waals surface area contributed by atoms with Crippen molar-refractivity contribution in [3.8, 4) is 0 Å². The summed E-state index contributed by atoms with van der Waals surface area (Å²) in [5.74, 6) is -3.59. The van der Waals surface area contributed by atoms with Gasteiger partial charge in [0.1, 0.15) is 213 Å². The molecule has 49 nitrogen and oxygen atoms in total.